The van der Waals surface area contributed by atoms with Gasteiger partial charge < -0.3 is 10.4 Å². The molecular weight excluding hydrogens is 309 g/mol. The SMILES string of the molecule is O=C(Cc1cc(F)ccc1O)Nc1cc(C2CC3CCC2C3)[nH]n1. The lowest BCUT2D eigenvalue weighted by Crippen LogP contribution is -2.15. The molecule has 2 bridgehead atoms. The van der Waals surface area contributed by atoms with Gasteiger partial charge in [-0.3, -0.25) is 9.89 Å². The smallest absolute Gasteiger partial charge is 0.230 e. The number of aromatic amines is 1. The molecule has 126 valence electrons. The van der Waals surface area contributed by atoms with E-state index < -0.39 is 5.82 Å². The summed E-state index contributed by atoms with van der Waals surface area (Å²) >= 11 is 0. The van der Waals surface area contributed by atoms with E-state index in [9.17, 15) is 14.3 Å². The van der Waals surface area contributed by atoms with Crippen molar-refractivity contribution >= 4 is 11.7 Å². The average molecular weight is 329 g/mol. The van der Waals surface area contributed by atoms with E-state index in [0.717, 1.165) is 23.6 Å². The third-order valence-corrected chi connectivity index (χ3v) is 5.40. The number of hydrogen-bond acceptors (Lipinski definition) is 3. The highest BCUT2D eigenvalue weighted by Crippen LogP contribution is 2.52. The zero-order valence-corrected chi connectivity index (χ0v) is 13.3. The molecule has 1 aromatic heterocycles. The molecule has 4 rings (SSSR count). The molecule has 5 nitrogen and oxygen atoms in total. The van der Waals surface area contributed by atoms with Crippen LogP contribution in [0.3, 0.4) is 0 Å². The van der Waals surface area contributed by atoms with Crippen molar-refractivity contribution < 1.29 is 14.3 Å². The predicted octanol–water partition coefficient (Wildman–Crippen LogP) is 3.34. The third-order valence-electron chi connectivity index (χ3n) is 5.40. The van der Waals surface area contributed by atoms with Gasteiger partial charge in [-0.15, -0.1) is 0 Å². The molecule has 2 saturated carbocycles. The van der Waals surface area contributed by atoms with Crippen LogP contribution < -0.4 is 5.32 Å². The number of anilines is 1. The predicted molar refractivity (Wildman–Crippen MR) is 87.2 cm³/mol. The third kappa shape index (κ3) is 2.88. The Morgan fingerprint density at radius 3 is 2.96 bits per heavy atom. The molecule has 24 heavy (non-hydrogen) atoms. The molecule has 1 heterocycles. The molecule has 3 atom stereocenters. The Hall–Kier alpha value is -2.37. The number of aromatic nitrogens is 2. The fourth-order valence-electron chi connectivity index (χ4n) is 4.27. The molecule has 0 saturated heterocycles. The summed E-state index contributed by atoms with van der Waals surface area (Å²) in [5.41, 5.74) is 1.35. The monoisotopic (exact) mass is 329 g/mol. The second-order valence-electron chi connectivity index (χ2n) is 6.99. The van der Waals surface area contributed by atoms with Gasteiger partial charge in [0.1, 0.15) is 11.6 Å². The molecule has 2 aromatic rings. The number of phenols is 1. The minimum absolute atomic E-state index is 0.0868. The van der Waals surface area contributed by atoms with Crippen LogP contribution in [0.5, 0.6) is 5.75 Å². The quantitative estimate of drug-likeness (QED) is 0.805. The van der Waals surface area contributed by atoms with Crippen molar-refractivity contribution in [2.75, 3.05) is 5.32 Å². The zero-order chi connectivity index (χ0) is 16.7. The molecule has 1 aromatic carbocycles. The van der Waals surface area contributed by atoms with E-state index in [2.05, 4.69) is 15.5 Å². The van der Waals surface area contributed by atoms with Gasteiger partial charge in [-0.1, -0.05) is 6.42 Å². The van der Waals surface area contributed by atoms with E-state index in [0.29, 0.717) is 11.7 Å². The first-order valence-electron chi connectivity index (χ1n) is 8.41. The molecule has 2 aliphatic rings. The van der Waals surface area contributed by atoms with E-state index in [1.807, 2.05) is 6.07 Å². The standard InChI is InChI=1S/C18H20FN3O2/c19-13-3-4-16(23)12(7-13)8-18(24)20-17-9-15(21-22-17)14-6-10-1-2-11(14)5-10/h3-4,7,9-11,14,23H,1-2,5-6,8H2,(H2,20,21,22,24). The summed E-state index contributed by atoms with van der Waals surface area (Å²) in [6, 6.07) is 5.47. The van der Waals surface area contributed by atoms with Crippen molar-refractivity contribution in [1.82, 2.24) is 10.2 Å². The number of halogens is 1. The summed E-state index contributed by atoms with van der Waals surface area (Å²) < 4.78 is 13.2. The molecule has 0 spiro atoms. The van der Waals surface area contributed by atoms with E-state index in [4.69, 9.17) is 0 Å². The topological polar surface area (TPSA) is 78.0 Å². The number of aromatic hydroxyl groups is 1. The number of hydrogen-bond donors (Lipinski definition) is 3. The van der Waals surface area contributed by atoms with E-state index >= 15 is 0 Å². The van der Waals surface area contributed by atoms with Gasteiger partial charge in [-0.25, -0.2) is 4.39 Å². The second-order valence-corrected chi connectivity index (χ2v) is 6.99. The van der Waals surface area contributed by atoms with Crippen LogP contribution >= 0.6 is 0 Å². The van der Waals surface area contributed by atoms with Crippen LogP contribution in [0.1, 0.15) is 42.9 Å². The van der Waals surface area contributed by atoms with Crippen molar-refractivity contribution in [3.8, 4) is 5.75 Å². The Bertz CT molecular complexity index is 773. The Labute approximate surface area is 139 Å². The fourth-order valence-corrected chi connectivity index (χ4v) is 4.27. The van der Waals surface area contributed by atoms with Crippen LogP contribution in [-0.4, -0.2) is 21.2 Å². The maximum atomic E-state index is 13.2. The van der Waals surface area contributed by atoms with Gasteiger partial charge in [0.15, 0.2) is 5.82 Å². The first kappa shape index (κ1) is 15.2. The van der Waals surface area contributed by atoms with Gasteiger partial charge >= 0.3 is 0 Å². The lowest BCUT2D eigenvalue weighted by atomic mass is 9.86. The summed E-state index contributed by atoms with van der Waals surface area (Å²) in [4.78, 5) is 12.1. The maximum absolute atomic E-state index is 13.2. The summed E-state index contributed by atoms with van der Waals surface area (Å²) in [6.45, 7) is 0. The van der Waals surface area contributed by atoms with Crippen LogP contribution in [0.15, 0.2) is 24.3 Å². The maximum Gasteiger partial charge on any atom is 0.230 e. The first-order valence-corrected chi connectivity index (χ1v) is 8.41. The fraction of sp³-hybridized carbons (Fsp3) is 0.444. The van der Waals surface area contributed by atoms with Crippen LogP contribution in [0, 0.1) is 17.7 Å². The Kier molecular flexibility index (Phi) is 3.75. The van der Waals surface area contributed by atoms with E-state index in [1.165, 1.54) is 37.8 Å². The van der Waals surface area contributed by atoms with Gasteiger partial charge in [0, 0.05) is 23.2 Å². The molecule has 1 amide bonds. The average Bonchev–Trinajstić information content (AvgIpc) is 3.26. The summed E-state index contributed by atoms with van der Waals surface area (Å²) in [6.07, 6.45) is 5.05. The van der Waals surface area contributed by atoms with Gasteiger partial charge in [-0.2, -0.15) is 5.10 Å². The summed E-state index contributed by atoms with van der Waals surface area (Å²) in [5, 5.41) is 19.6. The number of H-pyrrole nitrogens is 1. The normalized spacial score (nSPS) is 25.1. The van der Waals surface area contributed by atoms with Gasteiger partial charge in [0.2, 0.25) is 5.91 Å². The zero-order valence-electron chi connectivity index (χ0n) is 13.3. The van der Waals surface area contributed by atoms with Crippen molar-refractivity contribution in [3.63, 3.8) is 0 Å². The molecule has 3 unspecified atom stereocenters. The lowest BCUT2D eigenvalue weighted by Gasteiger charge is -2.19. The largest absolute Gasteiger partial charge is 0.508 e. The number of rotatable bonds is 4. The number of carbonyl (C=O) groups is 1. The van der Waals surface area contributed by atoms with Gasteiger partial charge in [0.25, 0.3) is 0 Å². The number of phenolic OH excluding ortho intramolecular Hbond substituents is 1. The first-order chi connectivity index (χ1) is 11.6. The molecule has 3 N–H and O–H groups in total. The number of nitrogens with zero attached hydrogens (tertiary/aromatic N) is 1. The van der Waals surface area contributed by atoms with Crippen LogP contribution in [-0.2, 0) is 11.2 Å². The van der Waals surface area contributed by atoms with E-state index in [-0.39, 0.29) is 23.6 Å². The van der Waals surface area contributed by atoms with Gasteiger partial charge in [0.05, 0.1) is 6.42 Å². The Morgan fingerprint density at radius 2 is 2.21 bits per heavy atom. The van der Waals surface area contributed by atoms with Crippen LogP contribution in [0.2, 0.25) is 0 Å². The van der Waals surface area contributed by atoms with Crippen molar-refractivity contribution in [2.24, 2.45) is 11.8 Å². The number of carbonyl (C=O) groups excluding carboxylic acids is 1. The van der Waals surface area contributed by atoms with Crippen LogP contribution in [0.4, 0.5) is 10.2 Å². The minimum atomic E-state index is -0.478. The number of nitrogens with one attached hydrogen (secondary N) is 2. The highest BCUT2D eigenvalue weighted by atomic mass is 19.1. The number of benzene rings is 1. The molecule has 0 radical (unpaired) electrons. The molecule has 0 aliphatic heterocycles. The minimum Gasteiger partial charge on any atom is -0.508 e. The number of fused-ring (bicyclic) bond motifs is 2. The highest BCUT2D eigenvalue weighted by molar-refractivity contribution is 5.91. The highest BCUT2D eigenvalue weighted by Gasteiger charge is 2.40. The summed E-state index contributed by atoms with van der Waals surface area (Å²) in [7, 11) is 0. The van der Waals surface area contributed by atoms with Gasteiger partial charge in [-0.05, 0) is 49.3 Å². The molecule has 2 aliphatic carbocycles. The van der Waals surface area contributed by atoms with Crippen molar-refractivity contribution in [2.45, 2.75) is 38.0 Å². The molecular formula is C18H20FN3O2. The molecule has 2 fully saturated rings. The number of amides is 1. The second kappa shape index (κ2) is 5.92. The lowest BCUT2D eigenvalue weighted by molar-refractivity contribution is -0.115. The van der Waals surface area contributed by atoms with Crippen molar-refractivity contribution in [3.05, 3.63) is 41.3 Å². The molecule has 6 heteroatoms. The van der Waals surface area contributed by atoms with Crippen LogP contribution in [0.25, 0.3) is 0 Å². The Morgan fingerprint density at radius 1 is 1.33 bits per heavy atom. The van der Waals surface area contributed by atoms with Crippen molar-refractivity contribution in [1.29, 1.82) is 0 Å². The Balaban J connectivity index is 1.40. The van der Waals surface area contributed by atoms with E-state index in [1.54, 1.807) is 0 Å². The summed E-state index contributed by atoms with van der Waals surface area (Å²) in [5.74, 6) is 1.69.